The predicted octanol–water partition coefficient (Wildman–Crippen LogP) is 3.73. The monoisotopic (exact) mass is 257 g/mol. The molecule has 2 aromatic rings. The Balaban J connectivity index is 2.11. The lowest BCUT2D eigenvalue weighted by Crippen LogP contribution is -1.95. The molecule has 0 aliphatic carbocycles. The number of hydrogen-bond donors (Lipinski definition) is 0. The van der Waals surface area contributed by atoms with Gasteiger partial charge in [-0.15, -0.1) is 0 Å². The smallest absolute Gasteiger partial charge is 0.269 e. The molecule has 98 valence electrons. The van der Waals surface area contributed by atoms with Crippen LogP contribution in [0.4, 0.5) is 11.4 Å². The molecule has 2 rings (SSSR count). The number of aromatic nitrogens is 1. The van der Waals surface area contributed by atoms with Crippen molar-refractivity contribution < 1.29 is 4.92 Å². The average Bonchev–Trinajstić information content (AvgIpc) is 2.86. The van der Waals surface area contributed by atoms with Gasteiger partial charge >= 0.3 is 0 Å². The van der Waals surface area contributed by atoms with Crippen LogP contribution < -0.4 is 0 Å². The van der Waals surface area contributed by atoms with E-state index < -0.39 is 4.92 Å². The van der Waals surface area contributed by atoms with E-state index in [9.17, 15) is 10.1 Å². The molecule has 0 spiro atoms. The molecule has 1 aromatic heterocycles. The maximum absolute atomic E-state index is 10.5. The van der Waals surface area contributed by atoms with Crippen LogP contribution in [-0.2, 0) is 0 Å². The lowest BCUT2D eigenvalue weighted by Gasteiger charge is -2.04. The fourth-order valence-electron chi connectivity index (χ4n) is 1.64. The van der Waals surface area contributed by atoms with Crippen LogP contribution in [0.5, 0.6) is 0 Å². The van der Waals surface area contributed by atoms with E-state index in [2.05, 4.69) is 23.4 Å². The minimum absolute atomic E-state index is 0.0740. The Kier molecular flexibility index (Phi) is 3.75. The van der Waals surface area contributed by atoms with Crippen LogP contribution in [0.3, 0.4) is 0 Å². The van der Waals surface area contributed by atoms with Gasteiger partial charge in [0.2, 0.25) is 0 Å². The number of benzene rings is 1. The fraction of sp³-hybridized carbons (Fsp3) is 0.214. The molecule has 1 heterocycles. The Bertz CT molecular complexity index is 597. The van der Waals surface area contributed by atoms with E-state index in [0.29, 0.717) is 11.7 Å². The van der Waals surface area contributed by atoms with Gasteiger partial charge in [0.25, 0.3) is 5.69 Å². The van der Waals surface area contributed by atoms with Gasteiger partial charge < -0.3 is 4.57 Å². The summed E-state index contributed by atoms with van der Waals surface area (Å²) in [5.74, 6) is 0. The summed E-state index contributed by atoms with van der Waals surface area (Å²) in [6.07, 6.45) is 5.77. The molecule has 19 heavy (non-hydrogen) atoms. The van der Waals surface area contributed by atoms with Crippen LogP contribution in [0.1, 0.15) is 25.5 Å². The van der Waals surface area contributed by atoms with Gasteiger partial charge in [0.1, 0.15) is 0 Å². The van der Waals surface area contributed by atoms with E-state index >= 15 is 0 Å². The van der Waals surface area contributed by atoms with Gasteiger partial charge in [-0.25, -0.2) is 0 Å². The van der Waals surface area contributed by atoms with E-state index in [1.165, 1.54) is 12.1 Å². The molecule has 1 aromatic carbocycles. The summed E-state index contributed by atoms with van der Waals surface area (Å²) in [5, 5.41) is 10.5. The molecule has 0 aliphatic rings. The summed E-state index contributed by atoms with van der Waals surface area (Å²) in [6.45, 7) is 4.22. The van der Waals surface area contributed by atoms with E-state index in [1.807, 2.05) is 18.5 Å². The van der Waals surface area contributed by atoms with Crippen molar-refractivity contribution in [1.29, 1.82) is 0 Å². The standard InChI is InChI=1S/C14H15N3O2/c1-11(2)16-8-7-12(10-16)9-15-13-3-5-14(6-4-13)17(18)19/h3-11H,1-2H3. The minimum Gasteiger partial charge on any atom is -0.351 e. The van der Waals surface area contributed by atoms with Gasteiger partial charge in [-0.3, -0.25) is 15.1 Å². The van der Waals surface area contributed by atoms with E-state index in [0.717, 1.165) is 5.56 Å². The lowest BCUT2D eigenvalue weighted by atomic mass is 10.3. The minimum atomic E-state index is -0.420. The quantitative estimate of drug-likeness (QED) is 0.476. The Hall–Kier alpha value is -2.43. The second-order valence-electron chi connectivity index (χ2n) is 4.52. The van der Waals surface area contributed by atoms with Crippen molar-refractivity contribution in [3.63, 3.8) is 0 Å². The highest BCUT2D eigenvalue weighted by Gasteiger charge is 2.03. The zero-order chi connectivity index (χ0) is 13.8. The maximum Gasteiger partial charge on any atom is 0.269 e. The summed E-state index contributed by atoms with van der Waals surface area (Å²) in [4.78, 5) is 14.4. The van der Waals surface area contributed by atoms with Crippen LogP contribution in [0.15, 0.2) is 47.7 Å². The Morgan fingerprint density at radius 2 is 1.95 bits per heavy atom. The van der Waals surface area contributed by atoms with Crippen molar-refractivity contribution >= 4 is 17.6 Å². The second kappa shape index (κ2) is 5.48. The fourth-order valence-corrected chi connectivity index (χ4v) is 1.64. The second-order valence-corrected chi connectivity index (χ2v) is 4.52. The third-order valence-electron chi connectivity index (χ3n) is 2.76. The molecule has 5 heteroatoms. The van der Waals surface area contributed by atoms with E-state index in [-0.39, 0.29) is 5.69 Å². The van der Waals surface area contributed by atoms with Gasteiger partial charge in [0.05, 0.1) is 10.6 Å². The van der Waals surface area contributed by atoms with Crippen LogP contribution in [-0.4, -0.2) is 15.7 Å². The van der Waals surface area contributed by atoms with Crippen molar-refractivity contribution in [2.24, 2.45) is 4.99 Å². The molecule has 0 radical (unpaired) electrons. The van der Waals surface area contributed by atoms with Gasteiger partial charge in [0, 0.05) is 42.3 Å². The van der Waals surface area contributed by atoms with Gasteiger partial charge in [0.15, 0.2) is 0 Å². The predicted molar refractivity (Wildman–Crippen MR) is 75.2 cm³/mol. The molecular formula is C14H15N3O2. The lowest BCUT2D eigenvalue weighted by molar-refractivity contribution is -0.384. The molecule has 0 N–H and O–H groups in total. The van der Waals surface area contributed by atoms with E-state index in [1.54, 1.807) is 18.3 Å². The number of nitrogens with zero attached hydrogens (tertiary/aromatic N) is 3. The molecule has 0 unspecified atom stereocenters. The normalized spacial score (nSPS) is 11.3. The van der Waals surface area contributed by atoms with Gasteiger partial charge in [-0.2, -0.15) is 0 Å². The molecule has 0 saturated heterocycles. The zero-order valence-corrected chi connectivity index (χ0v) is 10.9. The number of hydrogen-bond acceptors (Lipinski definition) is 3. The first-order valence-electron chi connectivity index (χ1n) is 6.02. The third kappa shape index (κ3) is 3.28. The number of non-ortho nitro benzene ring substituents is 1. The van der Waals surface area contributed by atoms with E-state index in [4.69, 9.17) is 0 Å². The Labute approximate surface area is 111 Å². The molecule has 0 aliphatic heterocycles. The number of rotatable bonds is 4. The molecule has 0 atom stereocenters. The molecular weight excluding hydrogens is 242 g/mol. The topological polar surface area (TPSA) is 60.4 Å². The van der Waals surface area contributed by atoms with Crippen molar-refractivity contribution in [2.75, 3.05) is 0 Å². The molecule has 0 saturated carbocycles. The summed E-state index contributed by atoms with van der Waals surface area (Å²) < 4.78 is 2.09. The first-order chi connectivity index (χ1) is 9.06. The van der Waals surface area contributed by atoms with Crippen LogP contribution in [0.25, 0.3) is 0 Å². The summed E-state index contributed by atoms with van der Waals surface area (Å²) in [7, 11) is 0. The Morgan fingerprint density at radius 3 is 2.47 bits per heavy atom. The average molecular weight is 257 g/mol. The first kappa shape index (κ1) is 13.0. The highest BCUT2D eigenvalue weighted by atomic mass is 16.6. The maximum atomic E-state index is 10.5. The molecule has 5 nitrogen and oxygen atoms in total. The SMILES string of the molecule is CC(C)n1ccc(C=Nc2ccc([N+](=O)[O-])cc2)c1. The number of nitro benzene ring substituents is 1. The van der Waals surface area contributed by atoms with Crippen molar-refractivity contribution in [3.8, 4) is 0 Å². The third-order valence-corrected chi connectivity index (χ3v) is 2.76. The number of nitro groups is 1. The van der Waals surface area contributed by atoms with Crippen molar-refractivity contribution in [3.05, 3.63) is 58.4 Å². The van der Waals surface area contributed by atoms with Crippen molar-refractivity contribution in [1.82, 2.24) is 4.57 Å². The van der Waals surface area contributed by atoms with Crippen LogP contribution in [0, 0.1) is 10.1 Å². The van der Waals surface area contributed by atoms with Gasteiger partial charge in [-0.1, -0.05) is 0 Å². The molecule has 0 fully saturated rings. The van der Waals surface area contributed by atoms with Crippen LogP contribution in [0.2, 0.25) is 0 Å². The highest BCUT2D eigenvalue weighted by Crippen LogP contribution is 2.18. The summed E-state index contributed by atoms with van der Waals surface area (Å²) in [5.41, 5.74) is 1.78. The molecule has 0 bridgehead atoms. The molecule has 0 amide bonds. The van der Waals surface area contributed by atoms with Crippen molar-refractivity contribution in [2.45, 2.75) is 19.9 Å². The zero-order valence-electron chi connectivity index (χ0n) is 10.9. The highest BCUT2D eigenvalue weighted by molar-refractivity contribution is 5.81. The Morgan fingerprint density at radius 1 is 1.26 bits per heavy atom. The largest absolute Gasteiger partial charge is 0.351 e. The van der Waals surface area contributed by atoms with Crippen LogP contribution >= 0.6 is 0 Å². The summed E-state index contributed by atoms with van der Waals surface area (Å²) >= 11 is 0. The van der Waals surface area contributed by atoms with Gasteiger partial charge in [-0.05, 0) is 32.0 Å². The first-order valence-corrected chi connectivity index (χ1v) is 6.02. The summed E-state index contributed by atoms with van der Waals surface area (Å²) in [6, 6.07) is 8.57. The number of aliphatic imine (C=N–C) groups is 1.